The number of nitrogens with one attached hydrogen (secondary N) is 2. The van der Waals surface area contributed by atoms with Gasteiger partial charge in [0.2, 0.25) is 0 Å². The molecule has 6 heteroatoms. The Bertz CT molecular complexity index is 570. The van der Waals surface area contributed by atoms with Gasteiger partial charge in [0.25, 0.3) is 0 Å². The van der Waals surface area contributed by atoms with Crippen molar-refractivity contribution < 1.29 is 0 Å². The van der Waals surface area contributed by atoms with Gasteiger partial charge in [-0.05, 0) is 31.5 Å². The summed E-state index contributed by atoms with van der Waals surface area (Å²) in [4.78, 5) is 8.19. The highest BCUT2D eigenvalue weighted by Gasteiger charge is 2.06. The Hall–Kier alpha value is -1.85. The molecule has 0 amide bonds. The maximum atomic E-state index is 6.07. The number of anilines is 3. The summed E-state index contributed by atoms with van der Waals surface area (Å²) >= 11 is 6.07. The number of nitrogens with two attached hydrogens (primary N) is 1. The second kappa shape index (κ2) is 5.20. The van der Waals surface area contributed by atoms with Crippen LogP contribution in [0.25, 0.3) is 0 Å². The topological polar surface area (TPSA) is 75.9 Å². The van der Waals surface area contributed by atoms with Gasteiger partial charge in [0.15, 0.2) is 0 Å². The first-order chi connectivity index (χ1) is 8.61. The van der Waals surface area contributed by atoms with E-state index < -0.39 is 0 Å². The third-order valence-corrected chi connectivity index (χ3v) is 3.06. The molecule has 0 spiro atoms. The standard InChI is InChI=1S/C12H14ClN5/c1-7-3-4-9(5-10(7)13)17-11-8(2)12(18-14)16-6-15-11/h3-6H,14H2,1-2H3,(H2,15,16,17,18). The molecule has 0 aliphatic heterocycles. The van der Waals surface area contributed by atoms with E-state index in [1.165, 1.54) is 6.33 Å². The van der Waals surface area contributed by atoms with Gasteiger partial charge in [-0.2, -0.15) is 0 Å². The predicted octanol–water partition coefficient (Wildman–Crippen LogP) is 2.78. The smallest absolute Gasteiger partial charge is 0.148 e. The number of rotatable bonds is 3. The highest BCUT2D eigenvalue weighted by atomic mass is 35.5. The van der Waals surface area contributed by atoms with Gasteiger partial charge in [0.1, 0.15) is 18.0 Å². The molecular formula is C12H14ClN5. The molecule has 1 aromatic heterocycles. The van der Waals surface area contributed by atoms with Crippen molar-refractivity contribution in [3.05, 3.63) is 40.7 Å². The van der Waals surface area contributed by atoms with Gasteiger partial charge in [0, 0.05) is 16.3 Å². The fraction of sp³-hybridized carbons (Fsp3) is 0.167. The van der Waals surface area contributed by atoms with Crippen LogP contribution in [-0.2, 0) is 0 Å². The fourth-order valence-electron chi connectivity index (χ4n) is 1.53. The van der Waals surface area contributed by atoms with Crippen LogP contribution in [0.15, 0.2) is 24.5 Å². The van der Waals surface area contributed by atoms with Crippen LogP contribution < -0.4 is 16.6 Å². The average molecular weight is 264 g/mol. The third kappa shape index (κ3) is 2.52. The predicted molar refractivity (Wildman–Crippen MR) is 74.1 cm³/mol. The second-order valence-corrected chi connectivity index (χ2v) is 4.34. The lowest BCUT2D eigenvalue weighted by Crippen LogP contribution is -2.11. The van der Waals surface area contributed by atoms with Crippen LogP contribution in [0.3, 0.4) is 0 Å². The van der Waals surface area contributed by atoms with Crippen molar-refractivity contribution in [2.45, 2.75) is 13.8 Å². The van der Waals surface area contributed by atoms with Gasteiger partial charge < -0.3 is 10.7 Å². The Labute approximate surface area is 110 Å². The monoisotopic (exact) mass is 263 g/mol. The number of nitrogens with zero attached hydrogens (tertiary/aromatic N) is 2. The minimum absolute atomic E-state index is 0.589. The molecular weight excluding hydrogens is 250 g/mol. The summed E-state index contributed by atoms with van der Waals surface area (Å²) in [7, 11) is 0. The molecule has 0 unspecified atom stereocenters. The summed E-state index contributed by atoms with van der Waals surface area (Å²) in [5.41, 5.74) is 5.27. The van der Waals surface area contributed by atoms with E-state index in [1.807, 2.05) is 32.0 Å². The van der Waals surface area contributed by atoms with Crippen LogP contribution in [0.4, 0.5) is 17.3 Å². The van der Waals surface area contributed by atoms with Crippen molar-refractivity contribution in [3.8, 4) is 0 Å². The summed E-state index contributed by atoms with van der Waals surface area (Å²) in [5, 5.41) is 3.90. The highest BCUT2D eigenvalue weighted by Crippen LogP contribution is 2.25. The van der Waals surface area contributed by atoms with E-state index >= 15 is 0 Å². The number of nitrogen functional groups attached to an aromatic ring is 1. The molecule has 94 valence electrons. The van der Waals surface area contributed by atoms with Crippen LogP contribution in [-0.4, -0.2) is 9.97 Å². The maximum Gasteiger partial charge on any atom is 0.148 e. The lowest BCUT2D eigenvalue weighted by molar-refractivity contribution is 1.11. The summed E-state index contributed by atoms with van der Waals surface area (Å²) < 4.78 is 0. The molecule has 0 fully saturated rings. The van der Waals surface area contributed by atoms with E-state index in [0.717, 1.165) is 16.8 Å². The van der Waals surface area contributed by atoms with Crippen molar-refractivity contribution in [1.82, 2.24) is 9.97 Å². The fourth-order valence-corrected chi connectivity index (χ4v) is 1.71. The third-order valence-electron chi connectivity index (χ3n) is 2.66. The molecule has 2 rings (SSSR count). The Balaban J connectivity index is 2.31. The van der Waals surface area contributed by atoms with Gasteiger partial charge in [0.05, 0.1) is 0 Å². The number of benzene rings is 1. The van der Waals surface area contributed by atoms with Gasteiger partial charge in [-0.25, -0.2) is 15.8 Å². The van der Waals surface area contributed by atoms with Gasteiger partial charge in [-0.1, -0.05) is 17.7 Å². The zero-order chi connectivity index (χ0) is 13.1. The summed E-state index contributed by atoms with van der Waals surface area (Å²) in [6.45, 7) is 3.84. The van der Waals surface area contributed by atoms with E-state index in [2.05, 4.69) is 20.7 Å². The Morgan fingerprint density at radius 3 is 2.56 bits per heavy atom. The number of hydrazine groups is 1. The number of hydrogen-bond donors (Lipinski definition) is 3. The van der Waals surface area contributed by atoms with E-state index in [4.69, 9.17) is 17.4 Å². The number of hydrogen-bond acceptors (Lipinski definition) is 5. The van der Waals surface area contributed by atoms with Crippen LogP contribution in [0.2, 0.25) is 5.02 Å². The summed E-state index contributed by atoms with van der Waals surface area (Å²) in [6, 6.07) is 5.75. The maximum absolute atomic E-state index is 6.07. The number of halogens is 1. The lowest BCUT2D eigenvalue weighted by Gasteiger charge is -2.11. The summed E-state index contributed by atoms with van der Waals surface area (Å²) in [6.07, 6.45) is 1.44. The van der Waals surface area contributed by atoms with Gasteiger partial charge in [-0.15, -0.1) is 0 Å². The van der Waals surface area contributed by atoms with Crippen molar-refractivity contribution >= 4 is 28.9 Å². The Kier molecular flexibility index (Phi) is 3.64. The van der Waals surface area contributed by atoms with Gasteiger partial charge in [-0.3, -0.25) is 0 Å². The van der Waals surface area contributed by atoms with Crippen LogP contribution >= 0.6 is 11.6 Å². The molecule has 0 atom stereocenters. The molecule has 0 aliphatic rings. The van der Waals surface area contributed by atoms with E-state index in [1.54, 1.807) is 0 Å². The molecule has 0 saturated carbocycles. The molecule has 4 N–H and O–H groups in total. The zero-order valence-corrected chi connectivity index (χ0v) is 10.9. The molecule has 0 aliphatic carbocycles. The van der Waals surface area contributed by atoms with E-state index in [-0.39, 0.29) is 0 Å². The minimum Gasteiger partial charge on any atom is -0.340 e. The minimum atomic E-state index is 0.589. The molecule has 1 heterocycles. The van der Waals surface area contributed by atoms with Gasteiger partial charge >= 0.3 is 0 Å². The van der Waals surface area contributed by atoms with Crippen molar-refractivity contribution in [3.63, 3.8) is 0 Å². The quantitative estimate of drug-likeness (QED) is 0.586. The van der Waals surface area contributed by atoms with E-state index in [9.17, 15) is 0 Å². The zero-order valence-electron chi connectivity index (χ0n) is 10.2. The normalized spacial score (nSPS) is 10.2. The average Bonchev–Trinajstić information content (AvgIpc) is 2.36. The number of aromatic nitrogens is 2. The second-order valence-electron chi connectivity index (χ2n) is 3.93. The molecule has 5 nitrogen and oxygen atoms in total. The number of aryl methyl sites for hydroxylation is 1. The van der Waals surface area contributed by atoms with Crippen LogP contribution in [0.5, 0.6) is 0 Å². The Morgan fingerprint density at radius 1 is 1.17 bits per heavy atom. The molecule has 1 aromatic carbocycles. The van der Waals surface area contributed by atoms with Crippen LogP contribution in [0.1, 0.15) is 11.1 Å². The molecule has 0 radical (unpaired) electrons. The van der Waals surface area contributed by atoms with Crippen LogP contribution in [0, 0.1) is 13.8 Å². The highest BCUT2D eigenvalue weighted by molar-refractivity contribution is 6.31. The molecule has 2 aromatic rings. The van der Waals surface area contributed by atoms with Crippen molar-refractivity contribution in [1.29, 1.82) is 0 Å². The first-order valence-corrected chi connectivity index (χ1v) is 5.81. The van der Waals surface area contributed by atoms with Crippen molar-refractivity contribution in [2.24, 2.45) is 5.84 Å². The first kappa shape index (κ1) is 12.6. The Morgan fingerprint density at radius 2 is 1.89 bits per heavy atom. The van der Waals surface area contributed by atoms with E-state index in [0.29, 0.717) is 16.7 Å². The first-order valence-electron chi connectivity index (χ1n) is 5.43. The molecule has 0 bridgehead atoms. The molecule has 18 heavy (non-hydrogen) atoms. The van der Waals surface area contributed by atoms with Crippen molar-refractivity contribution in [2.75, 3.05) is 10.7 Å². The SMILES string of the molecule is Cc1ccc(Nc2ncnc(NN)c2C)cc1Cl. The lowest BCUT2D eigenvalue weighted by atomic mass is 10.2. The largest absolute Gasteiger partial charge is 0.340 e. The molecule has 0 saturated heterocycles. The summed E-state index contributed by atoms with van der Waals surface area (Å²) in [5.74, 6) is 6.65.